The largest absolute Gasteiger partial charge is 0.396 e. The first-order chi connectivity index (χ1) is 9.38. The molecule has 1 unspecified atom stereocenters. The van der Waals surface area contributed by atoms with Gasteiger partial charge >= 0.3 is 0 Å². The Balaban J connectivity index is 2.73. The molecule has 0 radical (unpaired) electrons. The van der Waals surface area contributed by atoms with Crippen LogP contribution in [0, 0.1) is 5.41 Å². The van der Waals surface area contributed by atoms with Gasteiger partial charge in [0.15, 0.2) is 0 Å². The smallest absolute Gasteiger partial charge is 0.251 e. The molecule has 0 heterocycles. The van der Waals surface area contributed by atoms with Crippen LogP contribution in [0.4, 0.5) is 0 Å². The quantitative estimate of drug-likeness (QED) is 0.792. The van der Waals surface area contributed by atoms with Crippen molar-refractivity contribution < 1.29 is 9.90 Å². The van der Waals surface area contributed by atoms with E-state index in [0.717, 1.165) is 5.75 Å². The summed E-state index contributed by atoms with van der Waals surface area (Å²) in [5, 5.41) is 12.1. The van der Waals surface area contributed by atoms with Crippen molar-refractivity contribution in [2.24, 2.45) is 5.41 Å². The Morgan fingerprint density at radius 3 is 2.35 bits per heavy atom. The highest BCUT2D eigenvalue weighted by Crippen LogP contribution is 2.22. The van der Waals surface area contributed by atoms with E-state index in [1.165, 1.54) is 4.90 Å². The van der Waals surface area contributed by atoms with E-state index in [4.69, 9.17) is 5.11 Å². The number of aliphatic hydroxyl groups is 1. The summed E-state index contributed by atoms with van der Waals surface area (Å²) in [6.45, 7) is 8.38. The van der Waals surface area contributed by atoms with E-state index >= 15 is 0 Å². The van der Waals surface area contributed by atoms with Gasteiger partial charge in [0.2, 0.25) is 0 Å². The molecule has 0 aliphatic carbocycles. The molecule has 0 aliphatic rings. The average Bonchev–Trinajstić information content (AvgIpc) is 2.38. The molecule has 112 valence electrons. The van der Waals surface area contributed by atoms with Gasteiger partial charge in [0.25, 0.3) is 5.91 Å². The average molecular weight is 295 g/mol. The Hall–Kier alpha value is -1.00. The van der Waals surface area contributed by atoms with Gasteiger partial charge in [-0.1, -0.05) is 27.7 Å². The lowest BCUT2D eigenvalue weighted by Crippen LogP contribution is -2.44. The molecule has 1 aromatic carbocycles. The van der Waals surface area contributed by atoms with Crippen LogP contribution in [0.2, 0.25) is 0 Å². The first-order valence-electron chi connectivity index (χ1n) is 7.03. The van der Waals surface area contributed by atoms with Gasteiger partial charge in [-0.25, -0.2) is 0 Å². The number of rotatable bonds is 6. The van der Waals surface area contributed by atoms with Crippen LogP contribution in [-0.2, 0) is 0 Å². The molecule has 3 nitrogen and oxygen atoms in total. The van der Waals surface area contributed by atoms with Crippen molar-refractivity contribution in [1.82, 2.24) is 5.32 Å². The normalized spacial score (nSPS) is 13.1. The van der Waals surface area contributed by atoms with E-state index in [-0.39, 0.29) is 24.0 Å². The molecule has 0 spiro atoms. The SMILES string of the molecule is CCSc1ccc(C(=O)NC(CCO)C(C)(C)C)cc1. The fourth-order valence-electron chi connectivity index (χ4n) is 1.96. The molecule has 0 bridgehead atoms. The Bertz CT molecular complexity index is 423. The molecular formula is C16H25NO2S. The zero-order valence-electron chi connectivity index (χ0n) is 12.8. The number of hydrogen-bond acceptors (Lipinski definition) is 3. The highest BCUT2D eigenvalue weighted by atomic mass is 32.2. The Morgan fingerprint density at radius 1 is 1.30 bits per heavy atom. The lowest BCUT2D eigenvalue weighted by molar-refractivity contribution is 0.0885. The molecule has 0 fully saturated rings. The highest BCUT2D eigenvalue weighted by Gasteiger charge is 2.25. The molecule has 2 N–H and O–H groups in total. The van der Waals surface area contributed by atoms with Crippen molar-refractivity contribution in [1.29, 1.82) is 0 Å². The van der Waals surface area contributed by atoms with E-state index in [2.05, 4.69) is 33.0 Å². The first kappa shape index (κ1) is 17.1. The van der Waals surface area contributed by atoms with Gasteiger partial charge in [-0.2, -0.15) is 0 Å². The van der Waals surface area contributed by atoms with Crippen LogP contribution in [0.15, 0.2) is 29.2 Å². The highest BCUT2D eigenvalue weighted by molar-refractivity contribution is 7.99. The van der Waals surface area contributed by atoms with Crippen LogP contribution >= 0.6 is 11.8 Å². The van der Waals surface area contributed by atoms with Crippen LogP contribution in [0.1, 0.15) is 44.5 Å². The minimum absolute atomic E-state index is 0.0373. The summed E-state index contributed by atoms with van der Waals surface area (Å²) >= 11 is 1.76. The zero-order valence-corrected chi connectivity index (χ0v) is 13.6. The van der Waals surface area contributed by atoms with Crippen LogP contribution in [0.25, 0.3) is 0 Å². The van der Waals surface area contributed by atoms with E-state index in [1.54, 1.807) is 11.8 Å². The van der Waals surface area contributed by atoms with Gasteiger partial charge in [-0.05, 0) is 41.9 Å². The van der Waals surface area contributed by atoms with Crippen LogP contribution in [0.3, 0.4) is 0 Å². The third-order valence-corrected chi connectivity index (χ3v) is 4.09. The molecule has 1 amide bonds. The predicted molar refractivity (Wildman–Crippen MR) is 85.3 cm³/mol. The van der Waals surface area contributed by atoms with Crippen LogP contribution < -0.4 is 5.32 Å². The maximum atomic E-state index is 12.2. The zero-order chi connectivity index (χ0) is 15.2. The Morgan fingerprint density at radius 2 is 1.90 bits per heavy atom. The van der Waals surface area contributed by atoms with Crippen molar-refractivity contribution >= 4 is 17.7 Å². The number of amides is 1. The number of carbonyl (C=O) groups is 1. The molecule has 20 heavy (non-hydrogen) atoms. The fraction of sp³-hybridized carbons (Fsp3) is 0.562. The topological polar surface area (TPSA) is 49.3 Å². The lowest BCUT2D eigenvalue weighted by Gasteiger charge is -2.31. The molecule has 0 saturated heterocycles. The molecule has 4 heteroatoms. The summed E-state index contributed by atoms with van der Waals surface area (Å²) in [4.78, 5) is 13.4. The number of carbonyl (C=O) groups excluding carboxylic acids is 1. The van der Waals surface area contributed by atoms with Crippen LogP contribution in [0.5, 0.6) is 0 Å². The summed E-state index contributed by atoms with van der Waals surface area (Å²) in [5.41, 5.74) is 0.591. The summed E-state index contributed by atoms with van der Waals surface area (Å²) in [6, 6.07) is 7.62. The molecule has 0 aliphatic heterocycles. The van der Waals surface area contributed by atoms with E-state index < -0.39 is 0 Å². The van der Waals surface area contributed by atoms with Crippen molar-refractivity contribution in [2.75, 3.05) is 12.4 Å². The molecule has 1 aromatic rings. The third kappa shape index (κ3) is 5.17. The van der Waals surface area contributed by atoms with Crippen molar-refractivity contribution in [3.63, 3.8) is 0 Å². The number of nitrogens with one attached hydrogen (secondary N) is 1. The fourth-order valence-corrected chi connectivity index (χ4v) is 2.62. The Labute approximate surface area is 126 Å². The molecule has 1 rings (SSSR count). The van der Waals surface area contributed by atoms with Gasteiger partial charge in [0, 0.05) is 23.1 Å². The van der Waals surface area contributed by atoms with Gasteiger partial charge in [0.1, 0.15) is 0 Å². The standard InChI is InChI=1S/C16H25NO2S/c1-5-20-13-8-6-12(7-9-13)15(19)17-14(10-11-18)16(2,3)4/h6-9,14,18H,5,10-11H2,1-4H3,(H,17,19). The third-order valence-electron chi connectivity index (χ3n) is 3.20. The maximum Gasteiger partial charge on any atom is 0.251 e. The molecule has 0 aromatic heterocycles. The second-order valence-electron chi connectivity index (χ2n) is 5.86. The summed E-state index contributed by atoms with van der Waals surface area (Å²) in [7, 11) is 0. The van der Waals surface area contributed by atoms with Gasteiger partial charge in [-0.3, -0.25) is 4.79 Å². The first-order valence-corrected chi connectivity index (χ1v) is 8.01. The number of thioether (sulfide) groups is 1. The molecule has 0 saturated carbocycles. The Kier molecular flexibility index (Phi) is 6.56. The summed E-state index contributed by atoms with van der Waals surface area (Å²) < 4.78 is 0. The molecule has 1 atom stereocenters. The van der Waals surface area contributed by atoms with E-state index in [0.29, 0.717) is 12.0 Å². The summed E-state index contributed by atoms with van der Waals surface area (Å²) in [6.07, 6.45) is 0.568. The molecular weight excluding hydrogens is 270 g/mol. The van der Waals surface area contributed by atoms with Crippen molar-refractivity contribution in [3.8, 4) is 0 Å². The monoisotopic (exact) mass is 295 g/mol. The predicted octanol–water partition coefficient (Wildman–Crippen LogP) is 3.33. The summed E-state index contributed by atoms with van der Waals surface area (Å²) in [5.74, 6) is 0.945. The van der Waals surface area contributed by atoms with Gasteiger partial charge in [0.05, 0.1) is 0 Å². The lowest BCUT2D eigenvalue weighted by atomic mass is 9.85. The van der Waals surface area contributed by atoms with E-state index in [9.17, 15) is 4.79 Å². The minimum atomic E-state index is -0.0774. The minimum Gasteiger partial charge on any atom is -0.396 e. The van der Waals surface area contributed by atoms with Gasteiger partial charge < -0.3 is 10.4 Å². The van der Waals surface area contributed by atoms with Gasteiger partial charge in [-0.15, -0.1) is 11.8 Å². The second kappa shape index (κ2) is 7.70. The van der Waals surface area contributed by atoms with Crippen molar-refractivity contribution in [3.05, 3.63) is 29.8 Å². The number of aliphatic hydroxyl groups excluding tert-OH is 1. The van der Waals surface area contributed by atoms with E-state index in [1.807, 2.05) is 24.3 Å². The maximum absolute atomic E-state index is 12.2. The number of benzene rings is 1. The van der Waals surface area contributed by atoms with Crippen LogP contribution in [-0.4, -0.2) is 29.4 Å². The van der Waals surface area contributed by atoms with Crippen molar-refractivity contribution in [2.45, 2.75) is 45.1 Å². The number of hydrogen-bond donors (Lipinski definition) is 2. The second-order valence-corrected chi connectivity index (χ2v) is 7.20.